The number of primary amides is 3. The number of nitrogens with zero attached hydrogens (tertiary/aromatic N) is 2. The molecule has 26 nitrogen and oxygen atoms in total. The Morgan fingerprint density at radius 3 is 1.83 bits per heavy atom. The van der Waals surface area contributed by atoms with Gasteiger partial charge >= 0.3 is 0 Å². The Bertz CT molecular complexity index is 2720. The van der Waals surface area contributed by atoms with Crippen LogP contribution in [0.15, 0.2) is 89.1 Å². The highest BCUT2D eigenvalue weighted by atomic mass is 33.1. The number of rotatable bonds is 22. The smallest absolute Gasteiger partial charge is 0.244 e. The quantitative estimate of drug-likeness (QED) is 0.0447. The minimum Gasteiger partial charge on any atom is -0.508 e. The van der Waals surface area contributed by atoms with Crippen LogP contribution >= 0.6 is 21.6 Å². The van der Waals surface area contributed by atoms with E-state index in [9.17, 15) is 57.8 Å². The maximum Gasteiger partial charge on any atom is 0.244 e. The van der Waals surface area contributed by atoms with E-state index < -0.39 is 145 Å². The number of aromatic hydroxyl groups is 1. The Balaban J connectivity index is 1.76. The average molecular weight is 1160 g/mol. The van der Waals surface area contributed by atoms with E-state index in [0.29, 0.717) is 28.9 Å². The van der Waals surface area contributed by atoms with Crippen molar-refractivity contribution in [2.24, 2.45) is 45.0 Å². The van der Waals surface area contributed by atoms with Crippen LogP contribution in [0.25, 0.3) is 0 Å². The topological polar surface area (TPSA) is 433 Å². The first-order valence-electron chi connectivity index (χ1n) is 26.0. The maximum absolute atomic E-state index is 14.7. The summed E-state index contributed by atoms with van der Waals surface area (Å²) in [6.07, 6.45) is -1.66. The number of carbonyl (C=O) groups excluding carboxylic acids is 11. The summed E-state index contributed by atoms with van der Waals surface area (Å²) in [6, 6.07) is 9.51. The summed E-state index contributed by atoms with van der Waals surface area (Å²) < 4.78 is 0. The SMILES string of the molecule is CC[C@H](C)[C@@H]1NC(=O)[C@H](Cc2ccc(O)cc2)NC(=O)[C@@H](N)CSSC[C@@H](C(=O)N[C@@H](Cc2ccc(N=Nc3ccccc3)cc2)C(=O)N[C@@H](CC(C)C)C(=O)NCC(N)=O)NC(=O)[C@H](CC(N)=O)NC(=O)[C@H](CCC(N)=O)NC1=O. The number of benzene rings is 3. The molecule has 0 spiro atoms. The molecule has 9 atom stereocenters. The van der Waals surface area contributed by atoms with Crippen LogP contribution in [0.3, 0.4) is 0 Å². The molecule has 0 radical (unpaired) electrons. The van der Waals surface area contributed by atoms with Gasteiger partial charge in [-0.1, -0.05) is 98.2 Å². The van der Waals surface area contributed by atoms with Gasteiger partial charge in [-0.25, -0.2) is 0 Å². The highest BCUT2D eigenvalue weighted by Gasteiger charge is 2.37. The number of hydrogen-bond donors (Lipinski definition) is 13. The van der Waals surface area contributed by atoms with Gasteiger partial charge in [-0.15, -0.1) is 0 Å². The number of nitrogens with one attached hydrogen (secondary N) is 8. The molecule has 1 heterocycles. The van der Waals surface area contributed by atoms with E-state index in [1.165, 1.54) is 24.3 Å². The Labute approximate surface area is 476 Å². The first kappa shape index (κ1) is 65.4. The van der Waals surface area contributed by atoms with Crippen LogP contribution in [-0.2, 0) is 65.6 Å². The Kier molecular flexibility index (Phi) is 26.5. The monoisotopic (exact) mass is 1160 g/mol. The highest BCUT2D eigenvalue weighted by molar-refractivity contribution is 8.76. The van der Waals surface area contributed by atoms with Crippen molar-refractivity contribution in [3.05, 3.63) is 90.0 Å². The lowest BCUT2D eigenvalue weighted by atomic mass is 9.96. The molecule has 1 saturated heterocycles. The first-order chi connectivity index (χ1) is 38.4. The van der Waals surface area contributed by atoms with Gasteiger partial charge in [0.05, 0.1) is 30.4 Å². The molecule has 0 aliphatic carbocycles. The van der Waals surface area contributed by atoms with E-state index >= 15 is 0 Å². The van der Waals surface area contributed by atoms with Crippen molar-refractivity contribution in [2.45, 2.75) is 121 Å². The van der Waals surface area contributed by atoms with Gasteiger partial charge in [-0.2, -0.15) is 10.2 Å². The standard InChI is InChI=1S/C53H72N14O12S2/c1-5-29(4)45-53(79)59-36(19-20-42(55)69)48(74)63-40(24-43(56)70)50(76)64-41(27-81-80-26-35(54)46(72)60-39(51(77)65-45)23-31-13-17-34(68)18-14-31)52(78)62-38(49(75)61-37(21-28(2)3)47(73)58-25-44(57)71)22-30-11-15-33(16-12-30)67-66-32-9-7-6-8-10-32/h6-18,28-29,35-41,45,68H,5,19-27,54H2,1-4H3,(H2,55,69)(H2,56,70)(H2,57,71)(H,58,73)(H,59,79)(H,60,72)(H,61,75)(H,62,78)(H,63,74)(H,64,76)(H,65,77)/t29-,35-,36-,37-,38-,39-,40-,41-,45-/m0/s1. The Morgan fingerprint density at radius 1 is 0.642 bits per heavy atom. The third kappa shape index (κ3) is 22.9. The summed E-state index contributed by atoms with van der Waals surface area (Å²) in [7, 11) is 1.95. The molecule has 0 unspecified atom stereocenters. The summed E-state index contributed by atoms with van der Waals surface area (Å²) in [6.45, 7) is 6.43. The van der Waals surface area contributed by atoms with Crippen LogP contribution < -0.4 is 65.5 Å². The van der Waals surface area contributed by atoms with E-state index in [1.54, 1.807) is 76.2 Å². The maximum atomic E-state index is 14.7. The predicted molar refractivity (Wildman–Crippen MR) is 302 cm³/mol. The van der Waals surface area contributed by atoms with Crippen LogP contribution in [-0.4, -0.2) is 136 Å². The number of nitrogens with two attached hydrogens (primary N) is 4. The van der Waals surface area contributed by atoms with Gasteiger partial charge < -0.3 is 70.6 Å². The predicted octanol–water partition coefficient (Wildman–Crippen LogP) is -0.457. The van der Waals surface area contributed by atoms with Gasteiger partial charge in [0, 0.05) is 30.8 Å². The van der Waals surface area contributed by atoms with Crippen molar-refractivity contribution >= 4 is 97.9 Å². The molecule has 1 aliphatic heterocycles. The zero-order chi connectivity index (χ0) is 59.8. The van der Waals surface area contributed by atoms with Crippen LogP contribution in [0.4, 0.5) is 11.4 Å². The van der Waals surface area contributed by atoms with Gasteiger partial charge in [0.15, 0.2) is 0 Å². The van der Waals surface area contributed by atoms with E-state index in [-0.39, 0.29) is 42.4 Å². The van der Waals surface area contributed by atoms with Gasteiger partial charge in [0.1, 0.15) is 48.0 Å². The lowest BCUT2D eigenvalue weighted by molar-refractivity contribution is -0.137. The second-order valence-corrected chi connectivity index (χ2v) is 22.2. The second-order valence-electron chi connectivity index (χ2n) is 19.7. The number of azo groups is 1. The number of phenols is 1. The molecular formula is C53H72N14O12S2. The molecule has 0 bridgehead atoms. The van der Waals surface area contributed by atoms with Crippen molar-refractivity contribution in [1.29, 1.82) is 0 Å². The largest absolute Gasteiger partial charge is 0.508 e. The van der Waals surface area contributed by atoms with Gasteiger partial charge in [0.2, 0.25) is 65.0 Å². The summed E-state index contributed by atoms with van der Waals surface area (Å²) >= 11 is 0. The molecule has 28 heteroatoms. The lowest BCUT2D eigenvalue weighted by Crippen LogP contribution is -2.62. The molecule has 0 saturated carbocycles. The zero-order valence-electron chi connectivity index (χ0n) is 45.3. The van der Waals surface area contributed by atoms with Crippen LogP contribution in [0.2, 0.25) is 0 Å². The number of amides is 11. The zero-order valence-corrected chi connectivity index (χ0v) is 46.9. The molecule has 1 aliphatic rings. The molecule has 17 N–H and O–H groups in total. The minimum absolute atomic E-state index is 0.0601. The van der Waals surface area contributed by atoms with E-state index in [2.05, 4.69) is 52.8 Å². The molecule has 3 aromatic carbocycles. The van der Waals surface area contributed by atoms with Crippen molar-refractivity contribution in [2.75, 3.05) is 18.1 Å². The first-order valence-corrected chi connectivity index (χ1v) is 28.5. The van der Waals surface area contributed by atoms with Crippen LogP contribution in [0, 0.1) is 11.8 Å². The van der Waals surface area contributed by atoms with E-state index in [0.717, 1.165) is 21.6 Å². The molecule has 438 valence electrons. The molecule has 81 heavy (non-hydrogen) atoms. The number of carbonyl (C=O) groups is 11. The van der Waals surface area contributed by atoms with Crippen LogP contribution in [0.5, 0.6) is 5.75 Å². The molecule has 3 aromatic rings. The normalized spacial score (nSPS) is 20.9. The minimum atomic E-state index is -1.82. The van der Waals surface area contributed by atoms with E-state index in [4.69, 9.17) is 22.9 Å². The van der Waals surface area contributed by atoms with Gasteiger partial charge in [0.25, 0.3) is 0 Å². The molecule has 0 aromatic heterocycles. The Morgan fingerprint density at radius 2 is 1.22 bits per heavy atom. The third-order valence-electron chi connectivity index (χ3n) is 12.5. The average Bonchev–Trinajstić information content (AvgIpc) is 3.43. The van der Waals surface area contributed by atoms with Crippen LogP contribution in [0.1, 0.15) is 70.9 Å². The van der Waals surface area contributed by atoms with Crippen molar-refractivity contribution in [1.82, 2.24) is 42.5 Å². The fourth-order valence-corrected chi connectivity index (χ4v) is 10.2. The van der Waals surface area contributed by atoms with E-state index in [1.807, 2.05) is 6.07 Å². The fraction of sp³-hybridized carbons (Fsp3) is 0.453. The summed E-state index contributed by atoms with van der Waals surface area (Å²) in [4.78, 5) is 149. The summed E-state index contributed by atoms with van der Waals surface area (Å²) in [5, 5.41) is 38.9. The highest BCUT2D eigenvalue weighted by Crippen LogP contribution is 2.24. The molecule has 1 fully saturated rings. The number of hydrogen-bond acceptors (Lipinski definition) is 17. The summed E-state index contributed by atoms with van der Waals surface area (Å²) in [5.74, 6) is -11.4. The third-order valence-corrected chi connectivity index (χ3v) is 15.0. The molecule has 11 amide bonds. The lowest BCUT2D eigenvalue weighted by Gasteiger charge is -2.29. The van der Waals surface area contributed by atoms with Gasteiger partial charge in [-0.3, -0.25) is 52.7 Å². The van der Waals surface area contributed by atoms with Crippen molar-refractivity contribution in [3.8, 4) is 5.75 Å². The van der Waals surface area contributed by atoms with Crippen molar-refractivity contribution in [3.63, 3.8) is 0 Å². The van der Waals surface area contributed by atoms with Gasteiger partial charge in [-0.05, 0) is 72.2 Å². The number of phenolic OH excluding ortho intramolecular Hbond substituents is 1. The molecule has 4 rings (SSSR count). The Hall–Kier alpha value is -8.11. The van der Waals surface area contributed by atoms with Crippen molar-refractivity contribution < 1.29 is 57.8 Å². The second kappa shape index (κ2) is 32.8. The fourth-order valence-electron chi connectivity index (χ4n) is 7.88. The summed E-state index contributed by atoms with van der Waals surface area (Å²) in [5.41, 5.74) is 24.7. The molecular weight excluding hydrogens is 1090 g/mol.